The number of hydrogen-bond acceptors (Lipinski definition) is 3. The molecule has 0 radical (unpaired) electrons. The van der Waals surface area contributed by atoms with Gasteiger partial charge in [0.15, 0.2) is 0 Å². The van der Waals surface area contributed by atoms with Crippen LogP contribution in [0.4, 0.5) is 13.2 Å². The summed E-state index contributed by atoms with van der Waals surface area (Å²) in [6.07, 6.45) is -1.63. The summed E-state index contributed by atoms with van der Waals surface area (Å²) in [5.41, 5.74) is -0.269. The molecule has 0 saturated carbocycles. The number of nitrogens with zero attached hydrogens (tertiary/aromatic N) is 2. The number of hydrogen-bond donors (Lipinski definition) is 1. The van der Waals surface area contributed by atoms with E-state index in [2.05, 4.69) is 10.3 Å². The van der Waals surface area contributed by atoms with E-state index in [0.29, 0.717) is 11.1 Å². The zero-order valence-corrected chi connectivity index (χ0v) is 16.7. The van der Waals surface area contributed by atoms with Crippen molar-refractivity contribution in [2.75, 3.05) is 13.1 Å². The van der Waals surface area contributed by atoms with Crippen LogP contribution in [0.25, 0.3) is 0 Å². The van der Waals surface area contributed by atoms with E-state index in [9.17, 15) is 22.8 Å². The SMILES string of the molecule is CC(C)C(=O)N(CCNC(=O)c1cccnc1)Cc1ccc(Cl)c(C(F)(F)F)c1. The lowest BCUT2D eigenvalue weighted by molar-refractivity contribution is -0.137. The van der Waals surface area contributed by atoms with Gasteiger partial charge < -0.3 is 10.2 Å². The van der Waals surface area contributed by atoms with Crippen molar-refractivity contribution in [3.63, 3.8) is 0 Å². The number of amides is 2. The van der Waals surface area contributed by atoms with Gasteiger partial charge in [-0.15, -0.1) is 0 Å². The molecule has 0 saturated heterocycles. The second-order valence-electron chi connectivity index (χ2n) is 6.72. The summed E-state index contributed by atoms with van der Waals surface area (Å²) in [7, 11) is 0. The zero-order valence-electron chi connectivity index (χ0n) is 16.0. The van der Waals surface area contributed by atoms with E-state index in [0.717, 1.165) is 6.07 Å². The van der Waals surface area contributed by atoms with E-state index < -0.39 is 16.8 Å². The summed E-state index contributed by atoms with van der Waals surface area (Å²) < 4.78 is 39.3. The van der Waals surface area contributed by atoms with Crippen molar-refractivity contribution in [3.05, 3.63) is 64.4 Å². The molecule has 2 rings (SSSR count). The number of halogens is 4. The Bertz CT molecular complexity index is 858. The van der Waals surface area contributed by atoms with Crippen molar-refractivity contribution in [1.29, 1.82) is 0 Å². The fourth-order valence-electron chi connectivity index (χ4n) is 2.64. The first-order chi connectivity index (χ1) is 13.6. The quantitative estimate of drug-likeness (QED) is 0.721. The normalized spacial score (nSPS) is 11.4. The van der Waals surface area contributed by atoms with Crippen LogP contribution in [0.1, 0.15) is 35.3 Å². The number of carbonyl (C=O) groups excluding carboxylic acids is 2. The third-order valence-electron chi connectivity index (χ3n) is 4.11. The van der Waals surface area contributed by atoms with Crippen LogP contribution in [0.15, 0.2) is 42.7 Å². The highest BCUT2D eigenvalue weighted by molar-refractivity contribution is 6.31. The highest BCUT2D eigenvalue weighted by Gasteiger charge is 2.33. The summed E-state index contributed by atoms with van der Waals surface area (Å²) in [6, 6.07) is 6.79. The Kier molecular flexibility index (Phi) is 7.61. The maximum atomic E-state index is 13.1. The minimum Gasteiger partial charge on any atom is -0.350 e. The van der Waals surface area contributed by atoms with Crippen molar-refractivity contribution in [1.82, 2.24) is 15.2 Å². The molecule has 2 amide bonds. The average molecular weight is 428 g/mol. The monoisotopic (exact) mass is 427 g/mol. The number of alkyl halides is 3. The molecule has 1 aromatic carbocycles. The van der Waals surface area contributed by atoms with E-state index in [-0.39, 0.29) is 37.4 Å². The first-order valence-corrected chi connectivity index (χ1v) is 9.30. The van der Waals surface area contributed by atoms with Gasteiger partial charge in [0.25, 0.3) is 5.91 Å². The van der Waals surface area contributed by atoms with Crippen LogP contribution in [0.5, 0.6) is 0 Å². The summed E-state index contributed by atoms with van der Waals surface area (Å²) in [6.45, 7) is 3.66. The Morgan fingerprint density at radius 1 is 1.24 bits per heavy atom. The van der Waals surface area contributed by atoms with Gasteiger partial charge in [-0.2, -0.15) is 13.2 Å². The molecule has 0 aliphatic heterocycles. The van der Waals surface area contributed by atoms with Gasteiger partial charge in [-0.05, 0) is 29.8 Å². The van der Waals surface area contributed by atoms with E-state index in [1.54, 1.807) is 32.2 Å². The minimum atomic E-state index is -4.59. The fraction of sp³-hybridized carbons (Fsp3) is 0.350. The lowest BCUT2D eigenvalue weighted by Gasteiger charge is -2.25. The first kappa shape index (κ1) is 22.7. The van der Waals surface area contributed by atoms with E-state index >= 15 is 0 Å². The second-order valence-corrected chi connectivity index (χ2v) is 7.13. The fourth-order valence-corrected chi connectivity index (χ4v) is 2.87. The standard InChI is InChI=1S/C20H21ClF3N3O2/c1-13(2)19(29)27(9-8-26-18(28)15-4-3-7-25-11-15)12-14-5-6-17(21)16(10-14)20(22,23)24/h3-7,10-11,13H,8-9,12H2,1-2H3,(H,26,28). The average Bonchev–Trinajstić information content (AvgIpc) is 2.67. The number of rotatable bonds is 7. The van der Waals surface area contributed by atoms with Gasteiger partial charge >= 0.3 is 6.18 Å². The maximum absolute atomic E-state index is 13.1. The molecule has 0 atom stereocenters. The van der Waals surface area contributed by atoms with Crippen LogP contribution >= 0.6 is 11.6 Å². The number of pyridine rings is 1. The van der Waals surface area contributed by atoms with Crippen LogP contribution in [0.2, 0.25) is 5.02 Å². The molecule has 0 aliphatic carbocycles. The Morgan fingerprint density at radius 3 is 2.55 bits per heavy atom. The maximum Gasteiger partial charge on any atom is 0.417 e. The molecule has 5 nitrogen and oxygen atoms in total. The minimum absolute atomic E-state index is 0.0278. The molecule has 0 spiro atoms. The number of nitrogens with one attached hydrogen (secondary N) is 1. The lowest BCUT2D eigenvalue weighted by Crippen LogP contribution is -2.40. The molecule has 0 bridgehead atoms. The highest BCUT2D eigenvalue weighted by atomic mass is 35.5. The van der Waals surface area contributed by atoms with Gasteiger partial charge in [0.2, 0.25) is 5.91 Å². The molecular formula is C20H21ClF3N3O2. The molecule has 0 unspecified atom stereocenters. The predicted octanol–water partition coefficient (Wildman–Crippen LogP) is 4.17. The molecule has 29 heavy (non-hydrogen) atoms. The molecule has 1 N–H and O–H groups in total. The zero-order chi connectivity index (χ0) is 21.6. The predicted molar refractivity (Wildman–Crippen MR) is 103 cm³/mol. The number of aromatic nitrogens is 1. The van der Waals surface area contributed by atoms with Crippen molar-refractivity contribution >= 4 is 23.4 Å². The molecular weight excluding hydrogens is 407 g/mol. The summed E-state index contributed by atoms with van der Waals surface area (Å²) >= 11 is 5.65. The first-order valence-electron chi connectivity index (χ1n) is 8.92. The molecule has 1 heterocycles. The van der Waals surface area contributed by atoms with Crippen LogP contribution in [0, 0.1) is 5.92 Å². The molecule has 156 valence electrons. The Labute approximate surface area is 171 Å². The molecule has 0 aliphatic rings. The van der Waals surface area contributed by atoms with Gasteiger partial charge in [-0.25, -0.2) is 0 Å². The largest absolute Gasteiger partial charge is 0.417 e. The van der Waals surface area contributed by atoms with E-state index in [1.165, 1.54) is 23.2 Å². The summed E-state index contributed by atoms with van der Waals surface area (Å²) in [4.78, 5) is 29.9. The van der Waals surface area contributed by atoms with Crippen LogP contribution in [-0.2, 0) is 17.5 Å². The Hall–Kier alpha value is -2.61. The van der Waals surface area contributed by atoms with Gasteiger partial charge in [0, 0.05) is 37.9 Å². The van der Waals surface area contributed by atoms with Crippen molar-refractivity contribution in [2.45, 2.75) is 26.6 Å². The third-order valence-corrected chi connectivity index (χ3v) is 4.44. The Morgan fingerprint density at radius 2 is 1.97 bits per heavy atom. The highest BCUT2D eigenvalue weighted by Crippen LogP contribution is 2.35. The molecule has 2 aromatic rings. The van der Waals surface area contributed by atoms with Crippen molar-refractivity contribution in [3.8, 4) is 0 Å². The van der Waals surface area contributed by atoms with E-state index in [1.807, 2.05) is 0 Å². The molecule has 0 fully saturated rings. The number of carbonyl (C=O) groups is 2. The second kappa shape index (κ2) is 9.73. The topological polar surface area (TPSA) is 62.3 Å². The van der Waals surface area contributed by atoms with Gasteiger partial charge in [0.1, 0.15) is 0 Å². The Balaban J connectivity index is 2.09. The van der Waals surface area contributed by atoms with E-state index in [4.69, 9.17) is 11.6 Å². The smallest absolute Gasteiger partial charge is 0.350 e. The van der Waals surface area contributed by atoms with Gasteiger partial charge in [-0.3, -0.25) is 14.6 Å². The summed E-state index contributed by atoms with van der Waals surface area (Å²) in [5, 5.41) is 2.28. The molecule has 1 aromatic heterocycles. The van der Waals surface area contributed by atoms with Crippen LogP contribution < -0.4 is 5.32 Å². The van der Waals surface area contributed by atoms with Gasteiger partial charge in [-0.1, -0.05) is 31.5 Å². The van der Waals surface area contributed by atoms with Crippen LogP contribution in [-0.4, -0.2) is 34.8 Å². The van der Waals surface area contributed by atoms with Crippen molar-refractivity contribution < 1.29 is 22.8 Å². The lowest BCUT2D eigenvalue weighted by atomic mass is 10.1. The van der Waals surface area contributed by atoms with Crippen LogP contribution in [0.3, 0.4) is 0 Å². The van der Waals surface area contributed by atoms with Gasteiger partial charge in [0.05, 0.1) is 16.1 Å². The summed E-state index contributed by atoms with van der Waals surface area (Å²) in [5.74, 6) is -0.927. The third kappa shape index (κ3) is 6.45. The van der Waals surface area contributed by atoms with Crippen molar-refractivity contribution in [2.24, 2.45) is 5.92 Å². The number of benzene rings is 1. The molecule has 9 heteroatoms.